The number of nitro groups is 1. The molecule has 0 atom stereocenters. The Bertz CT molecular complexity index is 887. The van der Waals surface area contributed by atoms with Crippen molar-refractivity contribution in [1.29, 1.82) is 0 Å². The molecule has 8 heteroatoms. The van der Waals surface area contributed by atoms with Crippen LogP contribution in [0.1, 0.15) is 16.7 Å². The number of phenols is 2. The van der Waals surface area contributed by atoms with E-state index in [-0.39, 0.29) is 11.1 Å². The first-order valence-corrected chi connectivity index (χ1v) is 7.05. The molecule has 0 spiro atoms. The Labute approximate surface area is 142 Å². The molecule has 0 aliphatic rings. The molecular formula is C17H15NO7. The number of nitrogens with zero attached hydrogens (tertiary/aromatic N) is 1. The summed E-state index contributed by atoms with van der Waals surface area (Å²) >= 11 is 0. The molecule has 130 valence electrons. The molecule has 0 aliphatic carbocycles. The second-order valence-electron chi connectivity index (χ2n) is 5.20. The van der Waals surface area contributed by atoms with E-state index in [0.29, 0.717) is 16.9 Å². The van der Waals surface area contributed by atoms with Gasteiger partial charge in [0.25, 0.3) is 0 Å². The molecule has 0 bridgehead atoms. The topological polar surface area (TPSA) is 130 Å². The van der Waals surface area contributed by atoms with Crippen LogP contribution in [0.15, 0.2) is 30.3 Å². The molecule has 0 aliphatic heterocycles. The Balaban J connectivity index is 2.62. The molecule has 0 saturated carbocycles. The summed E-state index contributed by atoms with van der Waals surface area (Å²) in [7, 11) is 1.49. The molecule has 0 saturated heterocycles. The maximum Gasteiger partial charge on any atom is 0.336 e. The van der Waals surface area contributed by atoms with Crippen LogP contribution in [0.3, 0.4) is 0 Å². The molecule has 2 rings (SSSR count). The lowest BCUT2D eigenvalue weighted by Gasteiger charge is -2.09. The quantitative estimate of drug-likeness (QED) is 0.329. The Morgan fingerprint density at radius 2 is 1.88 bits per heavy atom. The van der Waals surface area contributed by atoms with Crippen molar-refractivity contribution in [2.75, 3.05) is 7.11 Å². The van der Waals surface area contributed by atoms with Crippen LogP contribution in [0.25, 0.3) is 11.6 Å². The van der Waals surface area contributed by atoms with Crippen molar-refractivity contribution < 1.29 is 29.8 Å². The number of hydrogen-bond donors (Lipinski definition) is 3. The van der Waals surface area contributed by atoms with Crippen molar-refractivity contribution in [2.24, 2.45) is 0 Å². The minimum absolute atomic E-state index is 0.102. The molecule has 0 heterocycles. The monoisotopic (exact) mass is 345 g/mol. The molecule has 25 heavy (non-hydrogen) atoms. The van der Waals surface area contributed by atoms with Crippen LogP contribution in [-0.4, -0.2) is 33.3 Å². The van der Waals surface area contributed by atoms with Crippen molar-refractivity contribution >= 4 is 23.3 Å². The van der Waals surface area contributed by atoms with Gasteiger partial charge in [0.15, 0.2) is 5.75 Å². The number of carbonyl (C=O) groups is 1. The van der Waals surface area contributed by atoms with Gasteiger partial charge in [-0.3, -0.25) is 10.1 Å². The van der Waals surface area contributed by atoms with Crippen LogP contribution in [0.4, 0.5) is 5.69 Å². The summed E-state index contributed by atoms with van der Waals surface area (Å²) < 4.78 is 5.12. The van der Waals surface area contributed by atoms with Crippen molar-refractivity contribution in [3.63, 3.8) is 0 Å². The zero-order valence-corrected chi connectivity index (χ0v) is 13.4. The van der Waals surface area contributed by atoms with Gasteiger partial charge in [-0.2, -0.15) is 0 Å². The SMILES string of the molecule is COc1ccc(/C(=C/c2cc([N+](=O)[O-])c(O)cc2O)C(=O)O)cc1C. The average molecular weight is 345 g/mol. The fraction of sp³-hybridized carbons (Fsp3) is 0.118. The van der Waals surface area contributed by atoms with Gasteiger partial charge in [0.1, 0.15) is 11.5 Å². The predicted molar refractivity (Wildman–Crippen MR) is 89.7 cm³/mol. The molecule has 0 fully saturated rings. The fourth-order valence-corrected chi connectivity index (χ4v) is 2.31. The number of aryl methyl sites for hydroxylation is 1. The van der Waals surface area contributed by atoms with Crippen molar-refractivity contribution in [1.82, 2.24) is 0 Å². The maximum atomic E-state index is 11.6. The third kappa shape index (κ3) is 3.69. The molecule has 3 N–H and O–H groups in total. The summed E-state index contributed by atoms with van der Waals surface area (Å²) in [5.74, 6) is -1.89. The highest BCUT2D eigenvalue weighted by Gasteiger charge is 2.19. The molecule has 0 unspecified atom stereocenters. The summed E-state index contributed by atoms with van der Waals surface area (Å²) in [5, 5.41) is 39.7. The van der Waals surface area contributed by atoms with E-state index in [0.717, 1.165) is 18.2 Å². The zero-order valence-electron chi connectivity index (χ0n) is 13.4. The van der Waals surface area contributed by atoms with Gasteiger partial charge in [-0.1, -0.05) is 6.07 Å². The first kappa shape index (κ1) is 17.8. The van der Waals surface area contributed by atoms with Gasteiger partial charge in [0.05, 0.1) is 17.6 Å². The van der Waals surface area contributed by atoms with E-state index in [1.165, 1.54) is 13.2 Å². The normalized spacial score (nSPS) is 11.2. The predicted octanol–water partition coefficient (Wildman–Crippen LogP) is 2.95. The lowest BCUT2D eigenvalue weighted by molar-refractivity contribution is -0.385. The van der Waals surface area contributed by atoms with Gasteiger partial charge in [-0.25, -0.2) is 4.79 Å². The van der Waals surface area contributed by atoms with E-state index >= 15 is 0 Å². The smallest absolute Gasteiger partial charge is 0.336 e. The summed E-state index contributed by atoms with van der Waals surface area (Å²) in [6, 6.07) is 6.41. The third-order valence-electron chi connectivity index (χ3n) is 3.56. The molecule has 0 aromatic heterocycles. The number of rotatable bonds is 5. The van der Waals surface area contributed by atoms with Crippen LogP contribution >= 0.6 is 0 Å². The molecule has 8 nitrogen and oxygen atoms in total. The van der Waals surface area contributed by atoms with E-state index in [9.17, 15) is 30.2 Å². The molecule has 2 aromatic rings. The van der Waals surface area contributed by atoms with Gasteiger partial charge >= 0.3 is 11.7 Å². The highest BCUT2D eigenvalue weighted by molar-refractivity contribution is 6.21. The Kier molecular flexibility index (Phi) is 4.92. The minimum atomic E-state index is -1.28. The molecule has 0 amide bonds. The number of carboxylic acid groups (broad SMARTS) is 1. The summed E-state index contributed by atoms with van der Waals surface area (Å²) in [5.41, 5.74) is 0.116. The second kappa shape index (κ2) is 6.91. The average Bonchev–Trinajstić information content (AvgIpc) is 2.53. The van der Waals surface area contributed by atoms with Crippen molar-refractivity contribution in [3.8, 4) is 17.2 Å². The van der Waals surface area contributed by atoms with Crippen molar-refractivity contribution in [2.45, 2.75) is 6.92 Å². The van der Waals surface area contributed by atoms with Crippen molar-refractivity contribution in [3.05, 3.63) is 57.1 Å². The van der Waals surface area contributed by atoms with E-state index in [4.69, 9.17) is 4.74 Å². The largest absolute Gasteiger partial charge is 0.507 e. The lowest BCUT2D eigenvalue weighted by atomic mass is 10.00. The highest BCUT2D eigenvalue weighted by atomic mass is 16.6. The molecular weight excluding hydrogens is 330 g/mol. The van der Waals surface area contributed by atoms with Crippen LogP contribution in [-0.2, 0) is 4.79 Å². The molecule has 2 aromatic carbocycles. The van der Waals surface area contributed by atoms with Gasteiger partial charge < -0.3 is 20.1 Å². The number of ether oxygens (including phenoxy) is 1. The summed E-state index contributed by atoms with van der Waals surface area (Å²) in [6.45, 7) is 1.74. The van der Waals surface area contributed by atoms with Crippen LogP contribution in [0.5, 0.6) is 17.2 Å². The zero-order chi connectivity index (χ0) is 18.7. The number of methoxy groups -OCH3 is 1. The van der Waals surface area contributed by atoms with Gasteiger partial charge in [-0.05, 0) is 36.3 Å². The number of hydrogen-bond acceptors (Lipinski definition) is 6. The number of aromatic hydroxyl groups is 2. The Morgan fingerprint density at radius 1 is 1.20 bits per heavy atom. The van der Waals surface area contributed by atoms with Crippen LogP contribution in [0, 0.1) is 17.0 Å². The number of nitro benzene ring substituents is 1. The van der Waals surface area contributed by atoms with E-state index in [2.05, 4.69) is 0 Å². The van der Waals surface area contributed by atoms with Crippen LogP contribution in [0.2, 0.25) is 0 Å². The maximum absolute atomic E-state index is 11.6. The summed E-state index contributed by atoms with van der Waals surface area (Å²) in [4.78, 5) is 21.7. The Hall–Kier alpha value is -3.55. The highest BCUT2D eigenvalue weighted by Crippen LogP contribution is 2.35. The summed E-state index contributed by atoms with van der Waals surface area (Å²) in [6.07, 6.45) is 1.10. The third-order valence-corrected chi connectivity index (χ3v) is 3.56. The first-order valence-electron chi connectivity index (χ1n) is 7.05. The number of carboxylic acids is 1. The first-order chi connectivity index (χ1) is 11.7. The number of phenolic OH excluding ortho intramolecular Hbond substituents is 2. The van der Waals surface area contributed by atoms with Gasteiger partial charge in [0.2, 0.25) is 0 Å². The van der Waals surface area contributed by atoms with Gasteiger partial charge in [-0.15, -0.1) is 0 Å². The second-order valence-corrected chi connectivity index (χ2v) is 5.20. The van der Waals surface area contributed by atoms with E-state index < -0.39 is 28.1 Å². The number of benzene rings is 2. The lowest BCUT2D eigenvalue weighted by Crippen LogP contribution is -2.01. The van der Waals surface area contributed by atoms with Crippen LogP contribution < -0.4 is 4.74 Å². The number of aliphatic carboxylic acids is 1. The fourth-order valence-electron chi connectivity index (χ4n) is 2.31. The van der Waals surface area contributed by atoms with E-state index in [1.54, 1.807) is 19.1 Å². The standard InChI is InChI=1S/C17H15NO7/c1-9-5-10(3-4-16(9)25-2)12(17(21)22)6-11-7-13(18(23)24)15(20)8-14(11)19/h3-8,19-20H,1-2H3,(H,21,22)/b12-6-. The van der Waals surface area contributed by atoms with Gasteiger partial charge in [0, 0.05) is 17.7 Å². The Morgan fingerprint density at radius 3 is 2.40 bits per heavy atom. The molecule has 0 radical (unpaired) electrons. The minimum Gasteiger partial charge on any atom is -0.507 e. The van der Waals surface area contributed by atoms with E-state index in [1.807, 2.05) is 0 Å².